The molecule has 1 heterocycles. The second-order valence-electron chi connectivity index (χ2n) is 13.6. The maximum atomic E-state index is 13.1. The molecular weight excluding hydrogens is 705 g/mol. The smallest absolute Gasteiger partial charge is 0.339 e. The van der Waals surface area contributed by atoms with Gasteiger partial charge in [-0.1, -0.05) is 73.2 Å². The molecule has 12 nitrogen and oxygen atoms in total. The summed E-state index contributed by atoms with van der Waals surface area (Å²) in [6, 6.07) is 8.85. The molecule has 14 heteroatoms. The molecule has 4 N–H and O–H groups in total. The van der Waals surface area contributed by atoms with Crippen molar-refractivity contribution in [3.8, 4) is 5.75 Å². The van der Waals surface area contributed by atoms with Crippen molar-refractivity contribution >= 4 is 41.0 Å². The van der Waals surface area contributed by atoms with Crippen LogP contribution in [0, 0.1) is 6.92 Å². The van der Waals surface area contributed by atoms with Crippen LogP contribution in [0.1, 0.15) is 99.2 Å². The molecule has 51 heavy (non-hydrogen) atoms. The Kier molecular flexibility index (Phi) is 16.9. The van der Waals surface area contributed by atoms with E-state index in [1.807, 2.05) is 45.0 Å². The van der Waals surface area contributed by atoms with Crippen molar-refractivity contribution in [2.24, 2.45) is 0 Å². The fraction of sp³-hybridized carbons (Fsp3) is 0.595. The molecule has 1 saturated heterocycles. The number of hydrogen-bond donors (Lipinski definition) is 4. The summed E-state index contributed by atoms with van der Waals surface area (Å²) in [5.41, 5.74) is 1.55. The van der Waals surface area contributed by atoms with E-state index >= 15 is 0 Å². The number of carbonyl (C=O) groups is 3. The van der Waals surface area contributed by atoms with E-state index in [1.54, 1.807) is 6.92 Å². The Morgan fingerprint density at radius 3 is 2.24 bits per heavy atom. The van der Waals surface area contributed by atoms with Gasteiger partial charge in [0.2, 0.25) is 5.91 Å². The Hall–Kier alpha value is -2.97. The number of halogens is 2. The van der Waals surface area contributed by atoms with Crippen molar-refractivity contribution in [2.75, 3.05) is 13.7 Å². The van der Waals surface area contributed by atoms with Crippen LogP contribution < -0.4 is 10.1 Å². The van der Waals surface area contributed by atoms with Crippen LogP contribution in [0.5, 0.6) is 5.75 Å². The lowest BCUT2D eigenvalue weighted by atomic mass is 9.99. The van der Waals surface area contributed by atoms with Crippen LogP contribution in [0.4, 0.5) is 0 Å². The van der Waals surface area contributed by atoms with Gasteiger partial charge < -0.3 is 44.3 Å². The molecule has 0 bridgehead atoms. The van der Waals surface area contributed by atoms with Gasteiger partial charge >= 0.3 is 11.9 Å². The molecule has 0 saturated carbocycles. The van der Waals surface area contributed by atoms with Crippen LogP contribution in [0.3, 0.4) is 0 Å². The first-order chi connectivity index (χ1) is 24.1. The third-order valence-electron chi connectivity index (χ3n) is 8.26. The molecule has 1 fully saturated rings. The monoisotopic (exact) mass is 755 g/mol. The molecular formula is C37H51Cl2NO11. The number of methoxy groups -OCH3 is 1. The highest BCUT2D eigenvalue weighted by atomic mass is 35.5. The second-order valence-corrected chi connectivity index (χ2v) is 14.4. The van der Waals surface area contributed by atoms with Crippen molar-refractivity contribution in [2.45, 2.75) is 129 Å². The predicted molar refractivity (Wildman–Crippen MR) is 191 cm³/mol. The highest BCUT2D eigenvalue weighted by Gasteiger charge is 2.47. The summed E-state index contributed by atoms with van der Waals surface area (Å²) in [6.07, 6.45) is -0.466. The molecule has 2 aromatic carbocycles. The first kappa shape index (κ1) is 42.4. The molecule has 0 aromatic heterocycles. The Bertz CT molecular complexity index is 1460. The Morgan fingerprint density at radius 2 is 1.59 bits per heavy atom. The van der Waals surface area contributed by atoms with E-state index < -0.39 is 48.9 Å². The maximum absolute atomic E-state index is 13.1. The summed E-state index contributed by atoms with van der Waals surface area (Å²) in [5, 5.41) is 33.2. The highest BCUT2D eigenvalue weighted by molar-refractivity contribution is 6.38. The molecule has 2 aromatic rings. The van der Waals surface area contributed by atoms with Crippen LogP contribution >= 0.6 is 23.2 Å². The number of esters is 2. The lowest BCUT2D eigenvalue weighted by Gasteiger charge is -2.40. The van der Waals surface area contributed by atoms with E-state index in [1.165, 1.54) is 13.2 Å². The van der Waals surface area contributed by atoms with Crippen LogP contribution in [0.15, 0.2) is 30.3 Å². The van der Waals surface area contributed by atoms with Gasteiger partial charge in [-0.3, -0.25) is 9.59 Å². The first-order valence-electron chi connectivity index (χ1n) is 17.2. The lowest BCUT2D eigenvalue weighted by molar-refractivity contribution is -0.293. The van der Waals surface area contributed by atoms with Crippen LogP contribution in [0.2, 0.25) is 10.0 Å². The van der Waals surface area contributed by atoms with Crippen molar-refractivity contribution in [1.82, 2.24) is 5.32 Å². The number of ether oxygens (including phenoxy) is 5. The molecule has 5 atom stereocenters. The number of unbranched alkanes of at least 4 members (excludes halogenated alkanes) is 5. The number of carbonyl (C=O) groups excluding carboxylic acids is 3. The van der Waals surface area contributed by atoms with Gasteiger partial charge in [-0.15, -0.1) is 0 Å². The van der Waals surface area contributed by atoms with E-state index in [-0.39, 0.29) is 39.8 Å². The fourth-order valence-electron chi connectivity index (χ4n) is 5.53. The molecule has 1 amide bonds. The van der Waals surface area contributed by atoms with Crippen molar-refractivity contribution in [1.29, 1.82) is 0 Å². The molecule has 3 rings (SSSR count). The van der Waals surface area contributed by atoms with Gasteiger partial charge in [0.1, 0.15) is 30.5 Å². The Labute approximate surface area is 309 Å². The zero-order valence-corrected chi connectivity index (χ0v) is 31.4. The number of amides is 1. The van der Waals surface area contributed by atoms with Gasteiger partial charge in [0.15, 0.2) is 18.1 Å². The van der Waals surface area contributed by atoms with Gasteiger partial charge in [0.25, 0.3) is 0 Å². The average molecular weight is 757 g/mol. The highest BCUT2D eigenvalue weighted by Crippen LogP contribution is 2.39. The SMILES string of the molecule is CO[C@H]1O[C@H](CO)[C@@H](O)[C@H](O)[C@H]1OC(=O)c1cc(Cl)c(OCc2cccc(CNC(=O)CCCCCCCCC(=O)OC(C)(C)C)c2)c(Cl)c1C. The van der Waals surface area contributed by atoms with E-state index in [0.29, 0.717) is 24.9 Å². The molecule has 1 aliphatic heterocycles. The van der Waals surface area contributed by atoms with Crippen molar-refractivity contribution in [3.63, 3.8) is 0 Å². The molecule has 284 valence electrons. The minimum absolute atomic E-state index is 0.00575. The molecule has 0 unspecified atom stereocenters. The number of aliphatic hydroxyl groups excluding tert-OH is 3. The molecule has 0 radical (unpaired) electrons. The minimum Gasteiger partial charge on any atom is -0.486 e. The van der Waals surface area contributed by atoms with Gasteiger partial charge in [0, 0.05) is 26.5 Å². The zero-order valence-electron chi connectivity index (χ0n) is 29.9. The van der Waals surface area contributed by atoms with Crippen LogP contribution in [-0.2, 0) is 41.7 Å². The number of benzene rings is 2. The first-order valence-corrected chi connectivity index (χ1v) is 17.9. The van der Waals surface area contributed by atoms with E-state index in [4.69, 9.17) is 46.9 Å². The standard InChI is InChI=1S/C37H51Cl2NO11/c1-22-25(35(46)50-34-32(45)31(44)27(20-41)49-36(34)47-5)18-26(38)33(30(22)39)48-21-24-14-12-13-23(17-24)19-40-28(42)15-10-8-6-7-9-11-16-29(43)51-37(2,3)4/h12-14,17-18,27,31-32,34,36,41,44-45H,6-11,15-16,19-21H2,1-5H3,(H,40,42)/t27-,31-,32+,34-,36+/m1/s1. The third kappa shape index (κ3) is 13.2. The topological polar surface area (TPSA) is 170 Å². The predicted octanol–water partition coefficient (Wildman–Crippen LogP) is 5.57. The van der Waals surface area contributed by atoms with E-state index in [0.717, 1.165) is 49.7 Å². The largest absolute Gasteiger partial charge is 0.486 e. The quantitative estimate of drug-likeness (QED) is 0.111. The molecule has 0 aliphatic carbocycles. The fourth-order valence-corrected chi connectivity index (χ4v) is 6.09. The van der Waals surface area contributed by atoms with Crippen molar-refractivity contribution < 1.29 is 53.4 Å². The van der Waals surface area contributed by atoms with Gasteiger partial charge in [-0.2, -0.15) is 0 Å². The van der Waals surface area contributed by atoms with Crippen LogP contribution in [0.25, 0.3) is 0 Å². The number of nitrogens with one attached hydrogen (secondary N) is 1. The van der Waals surface area contributed by atoms with E-state index in [2.05, 4.69) is 5.32 Å². The minimum atomic E-state index is -1.59. The number of aliphatic hydroxyl groups is 3. The van der Waals surface area contributed by atoms with Gasteiger partial charge in [-0.05, 0) is 63.3 Å². The number of rotatable bonds is 18. The summed E-state index contributed by atoms with van der Waals surface area (Å²) < 4.78 is 27.3. The normalized spacial score (nSPS) is 20.5. The Morgan fingerprint density at radius 1 is 0.941 bits per heavy atom. The summed E-state index contributed by atoms with van der Waals surface area (Å²) in [6.45, 7) is 7.06. The van der Waals surface area contributed by atoms with Gasteiger partial charge in [-0.25, -0.2) is 4.79 Å². The third-order valence-corrected chi connectivity index (χ3v) is 9.00. The summed E-state index contributed by atoms with van der Waals surface area (Å²) >= 11 is 13.1. The van der Waals surface area contributed by atoms with Crippen molar-refractivity contribution in [3.05, 3.63) is 62.6 Å². The molecule has 0 spiro atoms. The van der Waals surface area contributed by atoms with E-state index in [9.17, 15) is 29.7 Å². The Balaban J connectivity index is 1.45. The number of hydrogen-bond acceptors (Lipinski definition) is 11. The zero-order chi connectivity index (χ0) is 37.7. The summed E-state index contributed by atoms with van der Waals surface area (Å²) in [5.74, 6) is -0.922. The summed E-state index contributed by atoms with van der Waals surface area (Å²) in [7, 11) is 1.27. The average Bonchev–Trinajstić information content (AvgIpc) is 3.08. The van der Waals surface area contributed by atoms with Gasteiger partial charge in [0.05, 0.1) is 22.2 Å². The maximum Gasteiger partial charge on any atom is 0.339 e. The van der Waals surface area contributed by atoms with Crippen LogP contribution in [-0.4, -0.2) is 83.2 Å². The molecule has 1 aliphatic rings. The lowest BCUT2D eigenvalue weighted by Crippen LogP contribution is -2.60. The summed E-state index contributed by atoms with van der Waals surface area (Å²) in [4.78, 5) is 37.3. The second kappa shape index (κ2) is 20.3.